The molecule has 3 nitrogen and oxygen atoms in total. The van der Waals surface area contributed by atoms with Crippen molar-refractivity contribution >= 4 is 17.2 Å². The summed E-state index contributed by atoms with van der Waals surface area (Å²) in [6, 6.07) is 0. The van der Waals surface area contributed by atoms with E-state index in [4.69, 9.17) is 0 Å². The standard InChI is InChI=1S/C2HNO2S/c4-3(5)1-2-6/h1H. The van der Waals surface area contributed by atoms with E-state index in [1.165, 1.54) is 0 Å². The molecule has 0 fully saturated rings. The van der Waals surface area contributed by atoms with Crippen LogP contribution < -0.4 is 0 Å². The highest BCUT2D eigenvalue weighted by Crippen LogP contribution is 1.58. The molecule has 0 saturated heterocycles. The Morgan fingerprint density at radius 2 is 2.50 bits per heavy atom. The number of hydrogen-bond acceptors (Lipinski definition) is 3. The van der Waals surface area contributed by atoms with Crippen LogP contribution >= 0.6 is 12.2 Å². The Labute approximate surface area is 39.4 Å². The van der Waals surface area contributed by atoms with Gasteiger partial charge in [-0.15, -0.1) is 0 Å². The Morgan fingerprint density at radius 1 is 2.00 bits per heavy atom. The molecule has 0 unspecified atom stereocenters. The average Bonchev–Trinajstić information content (AvgIpc) is 1.35. The van der Waals surface area contributed by atoms with Gasteiger partial charge in [-0.2, -0.15) is 0 Å². The number of thiocarbonyl (C=S) groups is 1. The Morgan fingerprint density at radius 3 is 2.50 bits per heavy atom. The number of hydrogen-bond donors (Lipinski definition) is 0. The smallest absolute Gasteiger partial charge is 0.258 e. The van der Waals surface area contributed by atoms with Gasteiger partial charge >= 0.3 is 0 Å². The summed E-state index contributed by atoms with van der Waals surface area (Å²) in [5.41, 5.74) is 0. The summed E-state index contributed by atoms with van der Waals surface area (Å²) in [6.07, 6.45) is 0.579. The Hall–Kier alpha value is -0.730. The fourth-order valence-corrected chi connectivity index (χ4v) is 0.129. The molecule has 0 N–H and O–H groups in total. The van der Waals surface area contributed by atoms with E-state index in [1.54, 1.807) is 0 Å². The van der Waals surface area contributed by atoms with Crippen molar-refractivity contribution < 1.29 is 4.92 Å². The fourth-order valence-electron chi connectivity index (χ4n) is 0.0430. The van der Waals surface area contributed by atoms with Gasteiger partial charge in [0.15, 0.2) is 0 Å². The molecule has 0 aliphatic carbocycles. The summed E-state index contributed by atoms with van der Waals surface area (Å²) in [7, 11) is 0. The zero-order valence-electron chi connectivity index (χ0n) is 2.75. The van der Waals surface area contributed by atoms with Gasteiger partial charge in [0.2, 0.25) is 0 Å². The van der Waals surface area contributed by atoms with Crippen LogP contribution in [0.4, 0.5) is 0 Å². The average molecular weight is 103 g/mol. The Balaban J connectivity index is 3.60. The lowest BCUT2D eigenvalue weighted by atomic mass is 11.1. The van der Waals surface area contributed by atoms with Gasteiger partial charge in [0.1, 0.15) is 0 Å². The van der Waals surface area contributed by atoms with Crippen molar-refractivity contribution in [2.24, 2.45) is 0 Å². The third-order valence-electron chi connectivity index (χ3n) is 0.158. The van der Waals surface area contributed by atoms with E-state index in [0.717, 1.165) is 0 Å². The van der Waals surface area contributed by atoms with Gasteiger partial charge in [-0.1, -0.05) is 0 Å². The first-order valence-electron chi connectivity index (χ1n) is 1.12. The summed E-state index contributed by atoms with van der Waals surface area (Å²) in [5.74, 6) is 0. The lowest BCUT2D eigenvalue weighted by molar-refractivity contribution is -0.399. The summed E-state index contributed by atoms with van der Waals surface area (Å²) < 4.78 is 0. The molecule has 0 aliphatic rings. The van der Waals surface area contributed by atoms with Crippen LogP contribution in [0.5, 0.6) is 0 Å². The molecule has 0 amide bonds. The van der Waals surface area contributed by atoms with E-state index in [0.29, 0.717) is 6.20 Å². The maximum Gasteiger partial charge on any atom is 0.287 e. The van der Waals surface area contributed by atoms with Gasteiger partial charge in [0, 0.05) is 5.02 Å². The summed E-state index contributed by atoms with van der Waals surface area (Å²) in [4.78, 5) is 8.56. The van der Waals surface area contributed by atoms with Crippen molar-refractivity contribution in [2.45, 2.75) is 0 Å². The molecule has 0 rings (SSSR count). The van der Waals surface area contributed by atoms with Gasteiger partial charge in [0.25, 0.3) is 6.20 Å². The molecule has 0 atom stereocenters. The molecule has 0 aliphatic heterocycles. The van der Waals surface area contributed by atoms with Gasteiger partial charge in [-0.25, -0.2) is 0 Å². The summed E-state index contributed by atoms with van der Waals surface area (Å²) >= 11 is 3.98. The van der Waals surface area contributed by atoms with E-state index in [9.17, 15) is 10.1 Å². The molecule has 0 aromatic carbocycles. The minimum absolute atomic E-state index is 0.579. The SMILES string of the molecule is O=[N+]([O-])C=C=S. The molecule has 0 saturated carbocycles. The maximum atomic E-state index is 9.22. The predicted molar refractivity (Wildman–Crippen MR) is 24.2 cm³/mol. The first kappa shape index (κ1) is 5.27. The minimum atomic E-state index is -0.660. The van der Waals surface area contributed by atoms with Gasteiger partial charge in [0.05, 0.1) is 4.92 Å². The topological polar surface area (TPSA) is 43.1 Å². The van der Waals surface area contributed by atoms with Crippen LogP contribution in [0.15, 0.2) is 6.20 Å². The lowest BCUT2D eigenvalue weighted by Gasteiger charge is -1.65. The van der Waals surface area contributed by atoms with Crippen LogP contribution in [0, 0.1) is 10.1 Å². The molecule has 0 spiro atoms. The fraction of sp³-hybridized carbons (Fsp3) is 0. The number of nitro groups is 1. The van der Waals surface area contributed by atoms with Gasteiger partial charge in [-0.3, -0.25) is 10.1 Å². The first-order valence-corrected chi connectivity index (χ1v) is 1.52. The van der Waals surface area contributed by atoms with Crippen molar-refractivity contribution in [3.63, 3.8) is 0 Å². The Kier molecular flexibility index (Phi) is 2.20. The third kappa shape index (κ3) is 3.27. The monoisotopic (exact) mass is 103 g/mol. The van der Waals surface area contributed by atoms with Crippen LogP contribution in [0.25, 0.3) is 0 Å². The molecule has 0 radical (unpaired) electrons. The van der Waals surface area contributed by atoms with Crippen LogP contribution in [-0.2, 0) is 0 Å². The van der Waals surface area contributed by atoms with E-state index >= 15 is 0 Å². The number of nitrogens with zero attached hydrogens (tertiary/aromatic N) is 1. The first-order chi connectivity index (χ1) is 2.77. The zero-order chi connectivity index (χ0) is 4.99. The van der Waals surface area contributed by atoms with Crippen molar-refractivity contribution in [2.75, 3.05) is 0 Å². The van der Waals surface area contributed by atoms with E-state index in [-0.39, 0.29) is 0 Å². The van der Waals surface area contributed by atoms with Crippen molar-refractivity contribution in [1.82, 2.24) is 0 Å². The minimum Gasteiger partial charge on any atom is -0.258 e. The maximum absolute atomic E-state index is 9.22. The van der Waals surface area contributed by atoms with Crippen LogP contribution in [0.1, 0.15) is 0 Å². The largest absolute Gasteiger partial charge is 0.287 e. The van der Waals surface area contributed by atoms with Gasteiger partial charge < -0.3 is 0 Å². The van der Waals surface area contributed by atoms with Crippen molar-refractivity contribution in [1.29, 1.82) is 0 Å². The van der Waals surface area contributed by atoms with Gasteiger partial charge in [-0.05, 0) is 12.2 Å². The lowest BCUT2D eigenvalue weighted by Crippen LogP contribution is -1.80. The molecular formula is C2HNO2S. The normalized spacial score (nSPS) is 6.00. The second-order valence-corrected chi connectivity index (χ2v) is 0.768. The van der Waals surface area contributed by atoms with Crippen LogP contribution in [-0.4, -0.2) is 9.95 Å². The van der Waals surface area contributed by atoms with Crippen molar-refractivity contribution in [3.05, 3.63) is 16.3 Å². The molecule has 0 heterocycles. The molecular weight excluding hydrogens is 102 g/mol. The van der Waals surface area contributed by atoms with E-state index in [1.807, 2.05) is 5.02 Å². The quantitative estimate of drug-likeness (QED) is 0.273. The Bertz CT molecular complexity index is 104. The molecule has 4 heteroatoms. The molecule has 0 aromatic heterocycles. The molecule has 32 valence electrons. The van der Waals surface area contributed by atoms with E-state index in [2.05, 4.69) is 12.2 Å². The van der Waals surface area contributed by atoms with Crippen LogP contribution in [0.2, 0.25) is 0 Å². The number of rotatable bonds is 1. The highest BCUT2D eigenvalue weighted by atomic mass is 32.1. The van der Waals surface area contributed by atoms with E-state index < -0.39 is 4.92 Å². The highest BCUT2D eigenvalue weighted by Gasteiger charge is 1.73. The molecule has 0 aromatic rings. The molecule has 0 bridgehead atoms. The zero-order valence-corrected chi connectivity index (χ0v) is 3.57. The predicted octanol–water partition coefficient (Wildman–Crippen LogP) is 0.375. The summed E-state index contributed by atoms with van der Waals surface area (Å²) in [6.45, 7) is 0. The van der Waals surface area contributed by atoms with Crippen molar-refractivity contribution in [3.8, 4) is 0 Å². The summed E-state index contributed by atoms with van der Waals surface area (Å²) in [5, 5.41) is 11.0. The third-order valence-corrected chi connectivity index (χ3v) is 0.264. The molecule has 6 heavy (non-hydrogen) atoms. The second-order valence-electron chi connectivity index (χ2n) is 0.532. The highest BCUT2D eigenvalue weighted by molar-refractivity contribution is 7.78. The van der Waals surface area contributed by atoms with Crippen LogP contribution in [0.3, 0.4) is 0 Å². The second kappa shape index (κ2) is 2.50.